The molecular weight excluding hydrogens is 325 g/mol. The van der Waals surface area contributed by atoms with Crippen molar-refractivity contribution in [1.82, 2.24) is 5.32 Å². The molecule has 1 amide bonds. The summed E-state index contributed by atoms with van der Waals surface area (Å²) in [4.78, 5) is 12.5. The quantitative estimate of drug-likeness (QED) is 0.898. The molecule has 25 heavy (non-hydrogen) atoms. The molecule has 0 bridgehead atoms. The SMILES string of the molecule is COc1ccc2c(c1)[C@@H](NC(=O)c1ccc(F)cc1)[C@H](O)C(C)(C)O2. The highest BCUT2D eigenvalue weighted by atomic mass is 19.1. The zero-order valence-electron chi connectivity index (χ0n) is 14.2. The fraction of sp³-hybridized carbons (Fsp3) is 0.316. The van der Waals surface area contributed by atoms with E-state index in [1.807, 2.05) is 0 Å². The number of hydrogen-bond acceptors (Lipinski definition) is 4. The minimum atomic E-state index is -0.975. The van der Waals surface area contributed by atoms with Gasteiger partial charge in [-0.2, -0.15) is 0 Å². The van der Waals surface area contributed by atoms with Crippen LogP contribution in [0.15, 0.2) is 42.5 Å². The lowest BCUT2D eigenvalue weighted by Crippen LogP contribution is -2.53. The van der Waals surface area contributed by atoms with Gasteiger partial charge in [0, 0.05) is 11.1 Å². The summed E-state index contributed by atoms with van der Waals surface area (Å²) < 4.78 is 24.1. The number of ether oxygens (including phenoxy) is 2. The number of amides is 1. The molecule has 1 aliphatic heterocycles. The predicted octanol–water partition coefficient (Wildman–Crippen LogP) is 2.84. The molecule has 2 N–H and O–H groups in total. The van der Waals surface area contributed by atoms with E-state index in [-0.39, 0.29) is 0 Å². The van der Waals surface area contributed by atoms with E-state index in [0.29, 0.717) is 22.6 Å². The Morgan fingerprint density at radius 2 is 1.92 bits per heavy atom. The first-order valence-corrected chi connectivity index (χ1v) is 7.93. The van der Waals surface area contributed by atoms with Crippen LogP contribution >= 0.6 is 0 Å². The number of hydrogen-bond donors (Lipinski definition) is 2. The number of aliphatic hydroxyl groups is 1. The average molecular weight is 345 g/mol. The zero-order chi connectivity index (χ0) is 18.2. The number of benzene rings is 2. The van der Waals surface area contributed by atoms with Gasteiger partial charge in [0.05, 0.1) is 13.2 Å². The second-order valence-electron chi connectivity index (χ2n) is 6.51. The Morgan fingerprint density at radius 3 is 2.56 bits per heavy atom. The third-order valence-electron chi connectivity index (χ3n) is 4.35. The minimum Gasteiger partial charge on any atom is -0.497 e. The van der Waals surface area contributed by atoms with Crippen molar-refractivity contribution >= 4 is 5.91 Å². The lowest BCUT2D eigenvalue weighted by molar-refractivity contribution is -0.0628. The molecule has 0 saturated heterocycles. The molecule has 1 aliphatic rings. The minimum absolute atomic E-state index is 0.308. The fourth-order valence-corrected chi connectivity index (χ4v) is 2.89. The summed E-state index contributed by atoms with van der Waals surface area (Å²) in [7, 11) is 1.54. The molecule has 1 heterocycles. The smallest absolute Gasteiger partial charge is 0.251 e. The van der Waals surface area contributed by atoms with Crippen molar-refractivity contribution in [2.45, 2.75) is 31.6 Å². The number of halogens is 1. The Bertz CT molecular complexity index is 789. The van der Waals surface area contributed by atoms with Gasteiger partial charge in [-0.15, -0.1) is 0 Å². The van der Waals surface area contributed by atoms with Crippen molar-refractivity contribution in [3.8, 4) is 11.5 Å². The Morgan fingerprint density at radius 1 is 1.24 bits per heavy atom. The molecule has 0 spiro atoms. The third-order valence-corrected chi connectivity index (χ3v) is 4.35. The zero-order valence-corrected chi connectivity index (χ0v) is 14.2. The maximum atomic E-state index is 13.1. The first-order valence-electron chi connectivity index (χ1n) is 7.93. The monoisotopic (exact) mass is 345 g/mol. The molecule has 0 radical (unpaired) electrons. The summed E-state index contributed by atoms with van der Waals surface area (Å²) in [6.07, 6.45) is -0.975. The Labute approximate surface area is 145 Å². The van der Waals surface area contributed by atoms with E-state index in [0.717, 1.165) is 0 Å². The van der Waals surface area contributed by atoms with Crippen molar-refractivity contribution < 1.29 is 23.8 Å². The first kappa shape index (κ1) is 17.2. The summed E-state index contributed by atoms with van der Waals surface area (Å²) in [5.41, 5.74) is 0.0477. The predicted molar refractivity (Wildman–Crippen MR) is 90.3 cm³/mol. The van der Waals surface area contributed by atoms with Gasteiger partial charge in [-0.25, -0.2) is 4.39 Å². The van der Waals surface area contributed by atoms with E-state index in [4.69, 9.17) is 9.47 Å². The molecular formula is C19H20FNO4. The Balaban J connectivity index is 1.95. The van der Waals surface area contributed by atoms with Crippen LogP contribution in [0.5, 0.6) is 11.5 Å². The third kappa shape index (κ3) is 3.30. The molecule has 6 heteroatoms. The number of fused-ring (bicyclic) bond motifs is 1. The molecule has 0 unspecified atom stereocenters. The van der Waals surface area contributed by atoms with Gasteiger partial charge in [-0.1, -0.05) is 0 Å². The molecule has 2 aromatic rings. The molecule has 0 aliphatic carbocycles. The molecule has 5 nitrogen and oxygen atoms in total. The average Bonchev–Trinajstić information content (AvgIpc) is 2.59. The molecule has 0 fully saturated rings. The van der Waals surface area contributed by atoms with Gasteiger partial charge >= 0.3 is 0 Å². The lowest BCUT2D eigenvalue weighted by atomic mass is 9.86. The fourth-order valence-electron chi connectivity index (χ4n) is 2.89. The van der Waals surface area contributed by atoms with Crippen LogP contribution in [0.2, 0.25) is 0 Å². The van der Waals surface area contributed by atoms with Gasteiger partial charge in [0.25, 0.3) is 5.91 Å². The maximum Gasteiger partial charge on any atom is 0.251 e. The van der Waals surface area contributed by atoms with Gasteiger partial charge in [0.15, 0.2) is 0 Å². The van der Waals surface area contributed by atoms with E-state index in [9.17, 15) is 14.3 Å². The molecule has 132 valence electrons. The Hall–Kier alpha value is -2.60. The number of nitrogens with one attached hydrogen (secondary N) is 1. The number of aliphatic hydroxyl groups excluding tert-OH is 1. The largest absolute Gasteiger partial charge is 0.497 e. The van der Waals surface area contributed by atoms with Gasteiger partial charge < -0.3 is 19.9 Å². The highest BCUT2D eigenvalue weighted by molar-refractivity contribution is 5.94. The molecule has 2 aromatic carbocycles. The number of carbonyl (C=O) groups is 1. The lowest BCUT2D eigenvalue weighted by Gasteiger charge is -2.42. The van der Waals surface area contributed by atoms with Crippen LogP contribution in [0, 0.1) is 5.82 Å². The molecule has 2 atom stereocenters. The highest BCUT2D eigenvalue weighted by Gasteiger charge is 2.43. The summed E-state index contributed by atoms with van der Waals surface area (Å²) in [5.74, 6) is 0.338. The van der Waals surface area contributed by atoms with Crippen molar-refractivity contribution in [1.29, 1.82) is 0 Å². The van der Waals surface area contributed by atoms with Crippen molar-refractivity contribution in [3.05, 3.63) is 59.4 Å². The van der Waals surface area contributed by atoms with E-state index in [2.05, 4.69) is 5.32 Å². The van der Waals surface area contributed by atoms with Crippen LogP contribution in [0.25, 0.3) is 0 Å². The van der Waals surface area contributed by atoms with Crippen molar-refractivity contribution in [2.24, 2.45) is 0 Å². The van der Waals surface area contributed by atoms with Crippen molar-refractivity contribution in [3.63, 3.8) is 0 Å². The number of methoxy groups -OCH3 is 1. The van der Waals surface area contributed by atoms with Crippen LogP contribution in [-0.4, -0.2) is 29.8 Å². The number of rotatable bonds is 3. The van der Waals surface area contributed by atoms with Gasteiger partial charge in [-0.05, 0) is 56.3 Å². The highest BCUT2D eigenvalue weighted by Crippen LogP contribution is 2.41. The summed E-state index contributed by atoms with van der Waals surface area (Å²) in [6.45, 7) is 3.50. The van der Waals surface area contributed by atoms with Gasteiger partial charge in [0.2, 0.25) is 0 Å². The first-order chi connectivity index (χ1) is 11.8. The van der Waals surface area contributed by atoms with Crippen LogP contribution in [-0.2, 0) is 0 Å². The topological polar surface area (TPSA) is 67.8 Å². The Kier molecular flexibility index (Phi) is 4.39. The summed E-state index contributed by atoms with van der Waals surface area (Å²) in [5, 5.41) is 13.5. The maximum absolute atomic E-state index is 13.1. The van der Waals surface area contributed by atoms with E-state index in [1.165, 1.54) is 31.4 Å². The van der Waals surface area contributed by atoms with Crippen LogP contribution in [0.3, 0.4) is 0 Å². The van der Waals surface area contributed by atoms with Gasteiger partial charge in [0.1, 0.15) is 29.0 Å². The normalized spacial score (nSPS) is 21.0. The molecule has 0 saturated carbocycles. The molecule has 3 rings (SSSR count). The van der Waals surface area contributed by atoms with Crippen molar-refractivity contribution in [2.75, 3.05) is 7.11 Å². The van der Waals surface area contributed by atoms with Gasteiger partial charge in [-0.3, -0.25) is 4.79 Å². The van der Waals surface area contributed by atoms with Crippen LogP contribution < -0.4 is 14.8 Å². The number of carbonyl (C=O) groups excluding carboxylic acids is 1. The van der Waals surface area contributed by atoms with Crippen LogP contribution in [0.1, 0.15) is 35.8 Å². The van der Waals surface area contributed by atoms with Crippen LogP contribution in [0.4, 0.5) is 4.39 Å². The van der Waals surface area contributed by atoms with E-state index >= 15 is 0 Å². The van der Waals surface area contributed by atoms with E-state index in [1.54, 1.807) is 32.0 Å². The summed E-state index contributed by atoms with van der Waals surface area (Å²) >= 11 is 0. The molecule has 0 aromatic heterocycles. The standard InChI is InChI=1S/C19H20FNO4/c1-19(2)17(22)16(14-10-13(24-3)8-9-15(14)25-19)21-18(23)11-4-6-12(20)7-5-11/h4-10,16-17,22H,1-3H3,(H,21,23)/t16-,17+/m1/s1. The second kappa shape index (κ2) is 6.37. The second-order valence-corrected chi connectivity index (χ2v) is 6.51. The van der Waals surface area contributed by atoms with E-state index < -0.39 is 29.5 Å². The summed E-state index contributed by atoms with van der Waals surface area (Å²) in [6, 6.07) is 9.77.